The zero-order chi connectivity index (χ0) is 22.7. The number of aromatic nitrogens is 1. The van der Waals surface area contributed by atoms with Crippen molar-refractivity contribution in [1.29, 1.82) is 0 Å². The molecule has 1 heterocycles. The van der Waals surface area contributed by atoms with E-state index in [4.69, 9.17) is 4.74 Å². The first kappa shape index (κ1) is 23.4. The van der Waals surface area contributed by atoms with Crippen molar-refractivity contribution in [2.24, 2.45) is 0 Å². The Kier molecular flexibility index (Phi) is 7.24. The lowest BCUT2D eigenvalue weighted by atomic mass is 9.98. The molecule has 162 valence electrons. The fourth-order valence-corrected chi connectivity index (χ4v) is 4.05. The van der Waals surface area contributed by atoms with Gasteiger partial charge in [-0.05, 0) is 66.2 Å². The lowest BCUT2D eigenvalue weighted by Crippen LogP contribution is -2.47. The Labute approximate surface area is 178 Å². The van der Waals surface area contributed by atoms with E-state index in [1.54, 1.807) is 35.4 Å². The van der Waals surface area contributed by atoms with Gasteiger partial charge in [0, 0.05) is 29.4 Å². The van der Waals surface area contributed by atoms with Crippen LogP contribution in [0.1, 0.15) is 75.7 Å². The number of rotatable bonds is 7. The third-order valence-electron chi connectivity index (χ3n) is 5.59. The molecule has 6 heteroatoms. The van der Waals surface area contributed by atoms with Crippen LogP contribution in [-0.2, 0) is 11.3 Å². The molecule has 0 bridgehead atoms. The van der Waals surface area contributed by atoms with Crippen molar-refractivity contribution in [1.82, 2.24) is 9.47 Å². The van der Waals surface area contributed by atoms with E-state index in [9.17, 15) is 14.4 Å². The Morgan fingerprint density at radius 2 is 1.60 bits per heavy atom. The highest BCUT2D eigenvalue weighted by atomic mass is 16.5. The summed E-state index contributed by atoms with van der Waals surface area (Å²) >= 11 is 0. The molecule has 0 saturated heterocycles. The minimum atomic E-state index is -0.686. The first-order valence-electron chi connectivity index (χ1n) is 10.3. The number of ketones is 1. The van der Waals surface area contributed by atoms with Crippen molar-refractivity contribution in [2.45, 2.75) is 67.1 Å². The maximum absolute atomic E-state index is 13.6. The van der Waals surface area contributed by atoms with E-state index in [1.165, 1.54) is 7.11 Å². The SMILES string of the molecule is CCn1c(C)c(C(=O)C(C)N(C(=O)c2ccc(C)cc2)C(C)C)c(C)c1C(=O)OC. The summed E-state index contributed by atoms with van der Waals surface area (Å²) in [6, 6.07) is 6.47. The molecule has 0 aliphatic carbocycles. The minimum absolute atomic E-state index is 0.174. The number of hydrogen-bond donors (Lipinski definition) is 0. The average molecular weight is 413 g/mol. The third-order valence-corrected chi connectivity index (χ3v) is 5.59. The number of amides is 1. The fraction of sp³-hybridized carbons (Fsp3) is 0.458. The van der Waals surface area contributed by atoms with Gasteiger partial charge in [-0.25, -0.2) is 4.79 Å². The molecule has 0 fully saturated rings. The predicted octanol–water partition coefficient (Wildman–Crippen LogP) is 4.34. The van der Waals surface area contributed by atoms with Gasteiger partial charge in [-0.15, -0.1) is 0 Å². The third kappa shape index (κ3) is 4.18. The molecule has 2 rings (SSSR count). The summed E-state index contributed by atoms with van der Waals surface area (Å²) in [6.45, 7) is 13.5. The topological polar surface area (TPSA) is 68.6 Å². The van der Waals surface area contributed by atoms with Crippen LogP contribution in [0, 0.1) is 20.8 Å². The molecule has 30 heavy (non-hydrogen) atoms. The Bertz CT molecular complexity index is 955. The van der Waals surface area contributed by atoms with Gasteiger partial charge in [-0.2, -0.15) is 0 Å². The largest absolute Gasteiger partial charge is 0.464 e. The minimum Gasteiger partial charge on any atom is -0.464 e. The zero-order valence-electron chi connectivity index (χ0n) is 19.2. The van der Waals surface area contributed by atoms with Crippen LogP contribution in [0.15, 0.2) is 24.3 Å². The molecule has 0 saturated carbocycles. The van der Waals surface area contributed by atoms with Crippen LogP contribution < -0.4 is 0 Å². The number of carbonyl (C=O) groups excluding carboxylic acids is 3. The molecule has 2 aromatic rings. The lowest BCUT2D eigenvalue weighted by molar-refractivity contribution is 0.0565. The summed E-state index contributed by atoms with van der Waals surface area (Å²) in [7, 11) is 1.33. The van der Waals surface area contributed by atoms with Gasteiger partial charge in [-0.1, -0.05) is 17.7 Å². The second-order valence-corrected chi connectivity index (χ2v) is 7.88. The molecule has 1 unspecified atom stereocenters. The van der Waals surface area contributed by atoms with E-state index < -0.39 is 12.0 Å². The average Bonchev–Trinajstić information content (AvgIpc) is 2.96. The van der Waals surface area contributed by atoms with Crippen molar-refractivity contribution >= 4 is 17.7 Å². The molecule has 1 atom stereocenters. The fourth-order valence-electron chi connectivity index (χ4n) is 4.05. The van der Waals surface area contributed by atoms with Gasteiger partial charge in [0.05, 0.1) is 13.2 Å². The monoisotopic (exact) mass is 412 g/mol. The van der Waals surface area contributed by atoms with Crippen LogP contribution in [0.5, 0.6) is 0 Å². The molecule has 0 spiro atoms. The van der Waals surface area contributed by atoms with E-state index in [0.717, 1.165) is 5.56 Å². The van der Waals surface area contributed by atoms with Crippen molar-refractivity contribution in [3.63, 3.8) is 0 Å². The highest BCUT2D eigenvalue weighted by Crippen LogP contribution is 2.26. The number of Topliss-reactive ketones (excluding diaryl/α,β-unsaturated/α-hetero) is 1. The quantitative estimate of drug-likeness (QED) is 0.501. The summed E-state index contributed by atoms with van der Waals surface area (Å²) in [5.74, 6) is -0.846. The molecule has 1 amide bonds. The Balaban J connectivity index is 2.50. The molecule has 0 N–H and O–H groups in total. The van der Waals surface area contributed by atoms with Crippen LogP contribution in [0.3, 0.4) is 0 Å². The highest BCUT2D eigenvalue weighted by molar-refractivity contribution is 6.07. The van der Waals surface area contributed by atoms with E-state index >= 15 is 0 Å². The molecule has 0 radical (unpaired) electrons. The van der Waals surface area contributed by atoms with E-state index in [0.29, 0.717) is 34.6 Å². The van der Waals surface area contributed by atoms with Gasteiger partial charge in [0.2, 0.25) is 0 Å². The molecule has 0 aliphatic rings. The number of esters is 1. The molecule has 1 aromatic carbocycles. The smallest absolute Gasteiger partial charge is 0.354 e. The standard InChI is InChI=1S/C24H32N2O4/c1-9-25-17(6)20(16(5)21(25)24(29)30-8)22(27)18(7)26(14(2)3)23(28)19-12-10-15(4)11-13-19/h10-14,18H,9H2,1-8H3. The van der Waals surface area contributed by atoms with E-state index in [1.807, 2.05) is 46.8 Å². The van der Waals surface area contributed by atoms with Crippen LogP contribution in [0.25, 0.3) is 0 Å². The summed E-state index contributed by atoms with van der Waals surface area (Å²) in [5, 5.41) is 0. The van der Waals surface area contributed by atoms with E-state index in [-0.39, 0.29) is 17.7 Å². The van der Waals surface area contributed by atoms with Crippen molar-refractivity contribution in [2.75, 3.05) is 7.11 Å². The summed E-state index contributed by atoms with van der Waals surface area (Å²) in [4.78, 5) is 40.7. The maximum atomic E-state index is 13.6. The number of carbonyl (C=O) groups is 3. The van der Waals surface area contributed by atoms with Crippen LogP contribution in [0.4, 0.5) is 0 Å². The first-order valence-corrected chi connectivity index (χ1v) is 10.3. The van der Waals surface area contributed by atoms with Gasteiger partial charge < -0.3 is 14.2 Å². The zero-order valence-corrected chi connectivity index (χ0v) is 19.2. The lowest BCUT2D eigenvalue weighted by Gasteiger charge is -2.32. The van der Waals surface area contributed by atoms with Crippen LogP contribution in [-0.4, -0.2) is 46.3 Å². The first-order chi connectivity index (χ1) is 14.1. The summed E-state index contributed by atoms with van der Waals surface area (Å²) in [5.41, 5.74) is 3.77. The number of ether oxygens (including phenoxy) is 1. The highest BCUT2D eigenvalue weighted by Gasteiger charge is 2.34. The van der Waals surface area contributed by atoms with Crippen molar-refractivity contribution in [3.05, 3.63) is 57.9 Å². The number of hydrogen-bond acceptors (Lipinski definition) is 4. The molecule has 6 nitrogen and oxygen atoms in total. The number of benzene rings is 1. The van der Waals surface area contributed by atoms with Gasteiger partial charge in [0.25, 0.3) is 5.91 Å². The predicted molar refractivity (Wildman–Crippen MR) is 117 cm³/mol. The number of methoxy groups -OCH3 is 1. The van der Waals surface area contributed by atoms with Crippen molar-refractivity contribution < 1.29 is 19.1 Å². The molecular formula is C24H32N2O4. The number of nitrogens with zero attached hydrogens (tertiary/aromatic N) is 2. The molecule has 1 aromatic heterocycles. The van der Waals surface area contributed by atoms with E-state index in [2.05, 4.69) is 0 Å². The van der Waals surface area contributed by atoms with Crippen molar-refractivity contribution in [3.8, 4) is 0 Å². The second-order valence-electron chi connectivity index (χ2n) is 7.88. The van der Waals surface area contributed by atoms with Gasteiger partial charge in [0.15, 0.2) is 5.78 Å². The van der Waals surface area contributed by atoms with Gasteiger partial charge in [-0.3, -0.25) is 9.59 Å². The Hall–Kier alpha value is -2.89. The second kappa shape index (κ2) is 9.28. The molecule has 0 aliphatic heterocycles. The van der Waals surface area contributed by atoms with Crippen LogP contribution >= 0.6 is 0 Å². The Morgan fingerprint density at radius 1 is 1.03 bits per heavy atom. The normalized spacial score (nSPS) is 12.0. The number of aryl methyl sites for hydroxylation is 1. The summed E-state index contributed by atoms with van der Waals surface area (Å²) in [6.07, 6.45) is 0. The summed E-state index contributed by atoms with van der Waals surface area (Å²) < 4.78 is 6.72. The molecular weight excluding hydrogens is 380 g/mol. The Morgan fingerprint density at radius 3 is 2.07 bits per heavy atom. The van der Waals surface area contributed by atoms with Crippen LogP contribution in [0.2, 0.25) is 0 Å². The van der Waals surface area contributed by atoms with Gasteiger partial charge >= 0.3 is 5.97 Å². The maximum Gasteiger partial charge on any atom is 0.354 e. The van der Waals surface area contributed by atoms with Gasteiger partial charge in [0.1, 0.15) is 5.69 Å².